The van der Waals surface area contributed by atoms with E-state index in [0.29, 0.717) is 5.76 Å². The molecule has 0 bridgehead atoms. The highest BCUT2D eigenvalue weighted by molar-refractivity contribution is 6.02. The normalized spacial score (nSPS) is 10.8. The van der Waals surface area contributed by atoms with Crippen LogP contribution in [0.5, 0.6) is 11.5 Å². The summed E-state index contributed by atoms with van der Waals surface area (Å²) in [6.07, 6.45) is 2.34. The molecule has 0 unspecified atom stereocenters. The van der Waals surface area contributed by atoms with Gasteiger partial charge in [-0.05, 0) is 24.3 Å². The van der Waals surface area contributed by atoms with Gasteiger partial charge < -0.3 is 19.2 Å². The number of halogens is 2. The monoisotopic (exact) mass is 408 g/mol. The molecular formula is C17H14F2N4O6. The Labute approximate surface area is 161 Å². The smallest absolute Gasteiger partial charge is 0.387 e. The van der Waals surface area contributed by atoms with E-state index in [1.165, 1.54) is 48.3 Å². The van der Waals surface area contributed by atoms with Crippen LogP contribution in [0.15, 0.2) is 47.1 Å². The van der Waals surface area contributed by atoms with E-state index >= 15 is 0 Å². The van der Waals surface area contributed by atoms with Crippen LogP contribution in [-0.4, -0.2) is 34.3 Å². The second-order valence-electron chi connectivity index (χ2n) is 5.62. The first kappa shape index (κ1) is 19.8. The summed E-state index contributed by atoms with van der Waals surface area (Å²) >= 11 is 0. The topological polar surface area (TPSA) is 122 Å². The molecule has 0 saturated heterocycles. The fourth-order valence-electron chi connectivity index (χ4n) is 2.41. The molecule has 1 N–H and O–H groups in total. The van der Waals surface area contributed by atoms with Crippen molar-refractivity contribution in [2.75, 3.05) is 12.4 Å². The van der Waals surface area contributed by atoms with E-state index in [9.17, 15) is 23.7 Å². The molecule has 0 atom stereocenters. The zero-order chi connectivity index (χ0) is 21.0. The first-order valence-corrected chi connectivity index (χ1v) is 8.05. The van der Waals surface area contributed by atoms with Crippen LogP contribution in [0.4, 0.5) is 20.2 Å². The number of alkyl halides is 2. The van der Waals surface area contributed by atoms with Gasteiger partial charge in [-0.2, -0.15) is 13.9 Å². The van der Waals surface area contributed by atoms with Crippen LogP contribution in [0.1, 0.15) is 16.3 Å². The maximum absolute atomic E-state index is 12.4. The van der Waals surface area contributed by atoms with E-state index in [4.69, 9.17) is 9.15 Å². The summed E-state index contributed by atoms with van der Waals surface area (Å²) in [6.45, 7) is -2.92. The number of anilines is 1. The van der Waals surface area contributed by atoms with Crippen LogP contribution in [0.3, 0.4) is 0 Å². The molecule has 2 heterocycles. The average molecular weight is 408 g/mol. The van der Waals surface area contributed by atoms with Crippen molar-refractivity contribution in [1.82, 2.24) is 9.78 Å². The summed E-state index contributed by atoms with van der Waals surface area (Å²) in [5.41, 5.74) is 0.108. The van der Waals surface area contributed by atoms with Gasteiger partial charge >= 0.3 is 12.3 Å². The molecule has 1 amide bonds. The summed E-state index contributed by atoms with van der Waals surface area (Å²) in [5.74, 6) is -0.412. The lowest BCUT2D eigenvalue weighted by molar-refractivity contribution is -0.385. The maximum atomic E-state index is 12.4. The number of furan rings is 1. The summed E-state index contributed by atoms with van der Waals surface area (Å²) in [7, 11) is 1.28. The van der Waals surface area contributed by atoms with E-state index in [-0.39, 0.29) is 35.2 Å². The molecule has 152 valence electrons. The Morgan fingerprint density at radius 1 is 1.34 bits per heavy atom. The second-order valence-corrected chi connectivity index (χ2v) is 5.62. The average Bonchev–Trinajstić information content (AvgIpc) is 3.32. The third kappa shape index (κ3) is 4.86. The van der Waals surface area contributed by atoms with Crippen LogP contribution >= 0.6 is 0 Å². The molecule has 0 saturated carbocycles. The van der Waals surface area contributed by atoms with Crippen LogP contribution in [0, 0.1) is 10.1 Å². The number of amides is 1. The van der Waals surface area contributed by atoms with Gasteiger partial charge in [0.15, 0.2) is 17.3 Å². The van der Waals surface area contributed by atoms with Gasteiger partial charge in [0.05, 0.1) is 18.6 Å². The Hall–Kier alpha value is -3.96. The Bertz CT molecular complexity index is 1030. The van der Waals surface area contributed by atoms with Crippen molar-refractivity contribution >= 4 is 17.3 Å². The minimum Gasteiger partial charge on any atom is -0.493 e. The molecule has 2 aromatic heterocycles. The number of hydrogen-bond donors (Lipinski definition) is 1. The van der Waals surface area contributed by atoms with Crippen LogP contribution in [0.2, 0.25) is 0 Å². The number of ether oxygens (including phenoxy) is 2. The van der Waals surface area contributed by atoms with Crippen LogP contribution < -0.4 is 14.8 Å². The zero-order valence-corrected chi connectivity index (χ0v) is 14.9. The molecule has 3 aromatic rings. The van der Waals surface area contributed by atoms with E-state index in [1.807, 2.05) is 0 Å². The Morgan fingerprint density at radius 2 is 2.14 bits per heavy atom. The lowest BCUT2D eigenvalue weighted by Gasteiger charge is -2.11. The largest absolute Gasteiger partial charge is 0.493 e. The van der Waals surface area contributed by atoms with E-state index in [2.05, 4.69) is 15.2 Å². The number of hydrogen-bond acceptors (Lipinski definition) is 7. The fourth-order valence-corrected chi connectivity index (χ4v) is 2.41. The van der Waals surface area contributed by atoms with Gasteiger partial charge in [-0.1, -0.05) is 0 Å². The molecule has 3 rings (SSSR count). The molecule has 12 heteroatoms. The van der Waals surface area contributed by atoms with Gasteiger partial charge in [-0.15, -0.1) is 0 Å². The van der Waals surface area contributed by atoms with Gasteiger partial charge in [-0.25, -0.2) is 0 Å². The number of nitrogens with one attached hydrogen (secondary N) is 1. The quantitative estimate of drug-likeness (QED) is 0.448. The fraction of sp³-hybridized carbons (Fsp3) is 0.176. The summed E-state index contributed by atoms with van der Waals surface area (Å²) in [4.78, 5) is 22.4. The van der Waals surface area contributed by atoms with Crippen molar-refractivity contribution in [3.63, 3.8) is 0 Å². The lowest BCUT2D eigenvalue weighted by Crippen LogP contribution is -2.11. The van der Waals surface area contributed by atoms with Crippen molar-refractivity contribution in [1.29, 1.82) is 0 Å². The minimum atomic E-state index is -3.01. The van der Waals surface area contributed by atoms with E-state index in [0.717, 1.165) is 6.20 Å². The van der Waals surface area contributed by atoms with Crippen molar-refractivity contribution in [3.05, 3.63) is 64.4 Å². The predicted octanol–water partition coefficient (Wildman–Crippen LogP) is 3.29. The van der Waals surface area contributed by atoms with Crippen LogP contribution in [-0.2, 0) is 6.54 Å². The molecule has 1 aromatic carbocycles. The van der Waals surface area contributed by atoms with Crippen LogP contribution in [0.25, 0.3) is 0 Å². The standard InChI is InChI=1S/C17H14F2N4O6/c1-27-15-6-10(2-4-13(15)29-17(18)19)21-16(24)14-5-3-12(28-14)9-22-8-11(7-20-22)23(25)26/h2-8,17H,9H2,1H3,(H,21,24). The van der Waals surface area contributed by atoms with E-state index < -0.39 is 17.4 Å². The zero-order valence-electron chi connectivity index (χ0n) is 14.9. The number of rotatable bonds is 8. The van der Waals surface area contributed by atoms with Gasteiger partial charge in [0.1, 0.15) is 18.2 Å². The van der Waals surface area contributed by atoms with Crippen molar-refractivity contribution in [2.24, 2.45) is 0 Å². The number of nitrogens with zero attached hydrogens (tertiary/aromatic N) is 3. The molecule has 0 aliphatic carbocycles. The highest BCUT2D eigenvalue weighted by Crippen LogP contribution is 2.31. The first-order valence-electron chi connectivity index (χ1n) is 8.05. The van der Waals surface area contributed by atoms with Crippen molar-refractivity contribution in [2.45, 2.75) is 13.2 Å². The number of methoxy groups -OCH3 is 1. The third-order valence-electron chi connectivity index (χ3n) is 3.67. The molecule has 0 aliphatic heterocycles. The molecule has 0 aliphatic rings. The molecular weight excluding hydrogens is 394 g/mol. The molecule has 0 spiro atoms. The number of benzene rings is 1. The molecule has 29 heavy (non-hydrogen) atoms. The minimum absolute atomic E-state index is 0.0171. The van der Waals surface area contributed by atoms with Gasteiger partial charge in [0, 0.05) is 11.8 Å². The third-order valence-corrected chi connectivity index (χ3v) is 3.67. The van der Waals surface area contributed by atoms with Gasteiger partial charge in [0.25, 0.3) is 5.91 Å². The Morgan fingerprint density at radius 3 is 2.79 bits per heavy atom. The number of nitro groups is 1. The summed E-state index contributed by atoms with van der Waals surface area (Å²) in [5, 5.41) is 17.1. The van der Waals surface area contributed by atoms with E-state index in [1.54, 1.807) is 0 Å². The molecule has 10 nitrogen and oxygen atoms in total. The summed E-state index contributed by atoms with van der Waals surface area (Å²) in [6, 6.07) is 6.88. The maximum Gasteiger partial charge on any atom is 0.387 e. The highest BCUT2D eigenvalue weighted by atomic mass is 19.3. The number of carbonyl (C=O) groups excluding carboxylic acids is 1. The van der Waals surface area contributed by atoms with Gasteiger partial charge in [0.2, 0.25) is 0 Å². The molecule has 0 fully saturated rings. The molecule has 0 radical (unpaired) electrons. The lowest BCUT2D eigenvalue weighted by atomic mass is 10.2. The van der Waals surface area contributed by atoms with Crippen molar-refractivity contribution < 1.29 is 32.4 Å². The SMILES string of the molecule is COc1cc(NC(=O)c2ccc(Cn3cc([N+](=O)[O-])cn3)o2)ccc1OC(F)F. The number of aromatic nitrogens is 2. The number of carbonyl (C=O) groups is 1. The first-order chi connectivity index (χ1) is 13.9. The van der Waals surface area contributed by atoms with Crippen molar-refractivity contribution in [3.8, 4) is 11.5 Å². The predicted molar refractivity (Wildman–Crippen MR) is 94.3 cm³/mol. The Kier molecular flexibility index (Phi) is 5.71. The highest BCUT2D eigenvalue weighted by Gasteiger charge is 2.16. The Balaban J connectivity index is 1.67. The second kappa shape index (κ2) is 8.37. The summed E-state index contributed by atoms with van der Waals surface area (Å²) < 4.78 is 40.8. The van der Waals surface area contributed by atoms with Gasteiger partial charge in [-0.3, -0.25) is 19.6 Å².